The van der Waals surface area contributed by atoms with Crippen LogP contribution in [0.4, 0.5) is 0 Å². The second-order valence-corrected chi connectivity index (χ2v) is 3.96. The molecule has 0 unspecified atom stereocenters. The highest BCUT2D eigenvalue weighted by molar-refractivity contribution is 6.16. The Kier molecular flexibility index (Phi) is 4.04. The molecule has 90 valence electrons. The van der Waals surface area contributed by atoms with Gasteiger partial charge in [-0.15, -0.1) is 11.6 Å². The van der Waals surface area contributed by atoms with Crippen LogP contribution in [-0.2, 0) is 5.88 Å². The van der Waals surface area contributed by atoms with Gasteiger partial charge in [-0.3, -0.25) is 0 Å². The minimum Gasteiger partial charge on any atom is -0.494 e. The molecule has 2 aromatic rings. The van der Waals surface area contributed by atoms with E-state index < -0.39 is 0 Å². The van der Waals surface area contributed by atoms with E-state index in [-0.39, 0.29) is 0 Å². The van der Waals surface area contributed by atoms with Crippen molar-refractivity contribution in [3.63, 3.8) is 0 Å². The lowest BCUT2D eigenvalue weighted by Gasteiger charge is -2.05. The quantitative estimate of drug-likeness (QED) is 0.757. The van der Waals surface area contributed by atoms with Crippen LogP contribution in [0.3, 0.4) is 0 Å². The molecular weight excluding hydrogens is 238 g/mol. The van der Waals surface area contributed by atoms with Gasteiger partial charge in [0.2, 0.25) is 0 Å². The zero-order chi connectivity index (χ0) is 12.1. The molecule has 17 heavy (non-hydrogen) atoms. The lowest BCUT2D eigenvalue weighted by molar-refractivity contribution is 0.317. The average Bonchev–Trinajstić information content (AvgIpc) is 2.85. The maximum Gasteiger partial charge on any atom is 0.152 e. The normalized spacial score (nSPS) is 10.5. The van der Waals surface area contributed by atoms with E-state index in [4.69, 9.17) is 20.9 Å². The summed E-state index contributed by atoms with van der Waals surface area (Å²) in [6.07, 6.45) is 0.991. The predicted octanol–water partition coefficient (Wildman–Crippen LogP) is 3.87. The smallest absolute Gasteiger partial charge is 0.152 e. The highest BCUT2D eigenvalue weighted by Gasteiger charge is 2.06. The maximum atomic E-state index is 5.67. The van der Waals surface area contributed by atoms with Crippen LogP contribution in [0.2, 0.25) is 0 Å². The zero-order valence-corrected chi connectivity index (χ0v) is 10.4. The first-order valence-corrected chi connectivity index (χ1v) is 6.11. The van der Waals surface area contributed by atoms with Gasteiger partial charge >= 0.3 is 0 Å². The Bertz CT molecular complexity index is 482. The lowest BCUT2D eigenvalue weighted by atomic mass is 10.1. The molecular formula is C13H14ClNO2. The van der Waals surface area contributed by atoms with Crippen LogP contribution >= 0.6 is 11.6 Å². The second kappa shape index (κ2) is 5.73. The minimum absolute atomic E-state index is 0.332. The summed E-state index contributed by atoms with van der Waals surface area (Å²) in [5.74, 6) is 1.85. The molecule has 1 aromatic carbocycles. The molecule has 4 heteroatoms. The van der Waals surface area contributed by atoms with Crippen LogP contribution in [0.25, 0.3) is 11.3 Å². The molecule has 2 rings (SSSR count). The van der Waals surface area contributed by atoms with E-state index in [2.05, 4.69) is 12.1 Å². The number of ether oxygens (including phenoxy) is 1. The first-order chi connectivity index (χ1) is 8.33. The minimum atomic E-state index is 0.332. The number of benzene rings is 1. The summed E-state index contributed by atoms with van der Waals surface area (Å²) in [6.45, 7) is 2.80. The third-order valence-corrected chi connectivity index (χ3v) is 2.56. The fourth-order valence-corrected chi connectivity index (χ4v) is 1.60. The fourth-order valence-electron chi connectivity index (χ4n) is 1.48. The summed E-state index contributed by atoms with van der Waals surface area (Å²) in [7, 11) is 0. The largest absolute Gasteiger partial charge is 0.494 e. The van der Waals surface area contributed by atoms with Crippen LogP contribution in [0, 0.1) is 0 Å². The first kappa shape index (κ1) is 12.0. The Labute approximate surface area is 105 Å². The molecule has 1 heterocycles. The molecule has 0 aliphatic heterocycles. The van der Waals surface area contributed by atoms with Gasteiger partial charge in [0.05, 0.1) is 12.5 Å². The molecule has 0 radical (unpaired) electrons. The summed E-state index contributed by atoms with van der Waals surface area (Å²) in [5, 5.41) is 3.96. The predicted molar refractivity (Wildman–Crippen MR) is 67.3 cm³/mol. The number of halogens is 1. The van der Waals surface area contributed by atoms with E-state index in [1.54, 1.807) is 0 Å². The van der Waals surface area contributed by atoms with Gasteiger partial charge in [0, 0.05) is 11.6 Å². The van der Waals surface area contributed by atoms with E-state index in [1.165, 1.54) is 0 Å². The van der Waals surface area contributed by atoms with Gasteiger partial charge in [-0.1, -0.05) is 24.2 Å². The van der Waals surface area contributed by atoms with Crippen molar-refractivity contribution in [2.45, 2.75) is 19.2 Å². The summed E-state index contributed by atoms with van der Waals surface area (Å²) in [6, 6.07) is 9.63. The van der Waals surface area contributed by atoms with Crippen molar-refractivity contribution < 1.29 is 9.26 Å². The molecule has 0 spiro atoms. The molecule has 1 aromatic heterocycles. The van der Waals surface area contributed by atoms with Crippen LogP contribution in [0.15, 0.2) is 34.9 Å². The number of aromatic nitrogens is 1. The third-order valence-electron chi connectivity index (χ3n) is 2.29. The van der Waals surface area contributed by atoms with Crippen molar-refractivity contribution >= 4 is 11.6 Å². The molecule has 0 saturated carbocycles. The van der Waals surface area contributed by atoms with E-state index in [0.717, 1.165) is 30.0 Å². The monoisotopic (exact) mass is 251 g/mol. The Morgan fingerprint density at radius 1 is 1.35 bits per heavy atom. The van der Waals surface area contributed by atoms with Crippen LogP contribution in [0.1, 0.15) is 19.1 Å². The van der Waals surface area contributed by atoms with Crippen molar-refractivity contribution in [1.29, 1.82) is 0 Å². The number of alkyl halides is 1. The lowest BCUT2D eigenvalue weighted by Crippen LogP contribution is -1.94. The van der Waals surface area contributed by atoms with E-state index >= 15 is 0 Å². The number of hydrogen-bond acceptors (Lipinski definition) is 3. The molecule has 0 amide bonds. The van der Waals surface area contributed by atoms with Crippen LogP contribution in [-0.4, -0.2) is 11.8 Å². The zero-order valence-electron chi connectivity index (χ0n) is 9.65. The molecule has 0 N–H and O–H groups in total. The highest BCUT2D eigenvalue weighted by atomic mass is 35.5. The summed E-state index contributed by atoms with van der Waals surface area (Å²) < 4.78 is 10.6. The summed E-state index contributed by atoms with van der Waals surface area (Å²) in [5.41, 5.74) is 1.75. The standard InChI is InChI=1S/C13H14ClNO2/c1-2-6-16-11-5-3-4-10(7-11)13-8-12(9-14)17-15-13/h3-5,7-8H,2,6,9H2,1H3. The molecule has 0 aliphatic rings. The number of nitrogens with zero attached hydrogens (tertiary/aromatic N) is 1. The SMILES string of the molecule is CCCOc1cccc(-c2cc(CCl)on2)c1. The fraction of sp³-hybridized carbons (Fsp3) is 0.308. The summed E-state index contributed by atoms with van der Waals surface area (Å²) in [4.78, 5) is 0. The third kappa shape index (κ3) is 3.01. The molecule has 0 saturated heterocycles. The van der Waals surface area contributed by atoms with Crippen molar-refractivity contribution in [3.8, 4) is 17.0 Å². The van der Waals surface area contributed by atoms with Crippen molar-refractivity contribution in [2.75, 3.05) is 6.61 Å². The second-order valence-electron chi connectivity index (χ2n) is 3.69. The Balaban J connectivity index is 2.20. The van der Waals surface area contributed by atoms with Gasteiger partial charge in [0.25, 0.3) is 0 Å². The Hall–Kier alpha value is -1.48. The maximum absolute atomic E-state index is 5.67. The highest BCUT2D eigenvalue weighted by Crippen LogP contribution is 2.24. The van der Waals surface area contributed by atoms with Crippen LogP contribution in [0.5, 0.6) is 5.75 Å². The Morgan fingerprint density at radius 2 is 2.24 bits per heavy atom. The first-order valence-electron chi connectivity index (χ1n) is 5.58. The van der Waals surface area contributed by atoms with E-state index in [9.17, 15) is 0 Å². The van der Waals surface area contributed by atoms with Crippen molar-refractivity contribution in [2.24, 2.45) is 0 Å². The number of hydrogen-bond donors (Lipinski definition) is 0. The molecule has 0 bridgehead atoms. The number of rotatable bonds is 5. The summed E-state index contributed by atoms with van der Waals surface area (Å²) >= 11 is 5.67. The van der Waals surface area contributed by atoms with Crippen molar-refractivity contribution in [3.05, 3.63) is 36.1 Å². The van der Waals surface area contributed by atoms with Crippen LogP contribution < -0.4 is 4.74 Å². The molecule has 0 atom stereocenters. The van der Waals surface area contributed by atoms with E-state index in [0.29, 0.717) is 11.6 Å². The Morgan fingerprint density at radius 3 is 2.94 bits per heavy atom. The molecule has 0 fully saturated rings. The van der Waals surface area contributed by atoms with Gasteiger partial charge in [-0.05, 0) is 18.6 Å². The van der Waals surface area contributed by atoms with Gasteiger partial charge in [-0.2, -0.15) is 0 Å². The van der Waals surface area contributed by atoms with E-state index in [1.807, 2.05) is 30.3 Å². The average molecular weight is 252 g/mol. The van der Waals surface area contributed by atoms with Gasteiger partial charge in [0.1, 0.15) is 11.4 Å². The van der Waals surface area contributed by atoms with Gasteiger partial charge in [0.15, 0.2) is 5.76 Å². The van der Waals surface area contributed by atoms with Gasteiger partial charge in [-0.25, -0.2) is 0 Å². The topological polar surface area (TPSA) is 35.3 Å². The van der Waals surface area contributed by atoms with Crippen molar-refractivity contribution in [1.82, 2.24) is 5.16 Å². The molecule has 3 nitrogen and oxygen atoms in total. The molecule has 0 aliphatic carbocycles. The van der Waals surface area contributed by atoms with Gasteiger partial charge < -0.3 is 9.26 Å².